The van der Waals surface area contributed by atoms with Crippen LogP contribution in [0.4, 0.5) is 0 Å². The molecule has 7 rings (SSSR count). The van der Waals surface area contributed by atoms with Gasteiger partial charge in [0.2, 0.25) is 0 Å². The molecule has 16 nitrogen and oxygen atoms in total. The van der Waals surface area contributed by atoms with Crippen LogP contribution < -0.4 is 0 Å². The monoisotopic (exact) mass is 824 g/mol. The van der Waals surface area contributed by atoms with Crippen molar-refractivity contribution in [3.63, 3.8) is 0 Å². The van der Waals surface area contributed by atoms with Gasteiger partial charge in [-0.15, -0.1) is 0 Å². The lowest BCUT2D eigenvalue weighted by atomic mass is 9.33. The van der Waals surface area contributed by atoms with E-state index < -0.39 is 114 Å². The van der Waals surface area contributed by atoms with Gasteiger partial charge in [-0.25, -0.2) is 4.79 Å². The predicted molar refractivity (Wildman–Crippen MR) is 200 cm³/mol. The summed E-state index contributed by atoms with van der Waals surface area (Å²) in [6.07, 6.45) is -11.9. The molecule has 0 spiro atoms. The molecule has 0 aromatic carbocycles. The fraction of sp³-hybridized carbons (Fsp3) is 0.881. The highest BCUT2D eigenvalue weighted by Gasteiger charge is 2.72. The summed E-state index contributed by atoms with van der Waals surface area (Å²) in [4.78, 5) is 38.8. The van der Waals surface area contributed by atoms with Gasteiger partial charge in [0.05, 0.1) is 24.2 Å². The van der Waals surface area contributed by atoms with Crippen molar-refractivity contribution in [1.82, 2.24) is 0 Å². The molecule has 6 fully saturated rings. The highest BCUT2D eigenvalue weighted by Crippen LogP contribution is 2.76. The van der Waals surface area contributed by atoms with Gasteiger partial charge in [-0.3, -0.25) is 4.79 Å². The molecule has 4 saturated carbocycles. The minimum Gasteiger partial charge on any atom is -0.481 e. The molecule has 2 saturated heterocycles. The van der Waals surface area contributed by atoms with Crippen LogP contribution in [0.25, 0.3) is 0 Å². The van der Waals surface area contributed by atoms with E-state index in [9.17, 15) is 60.3 Å². The molecular formula is C42H64O16. The SMILES string of the molecule is CC1(C)CC[C@@]2(C(=O)O)C(C1)C1=CCC3C4(C)CC[C@H](O[C@@H]5OC(C(=O)O)[C@@H](O)[C@H](O)C5O[C@@H]5OC(CO)[C@H](O)[C@H](O)C5O)C(C)(C=O)[C@@H]4CCC3(C)[C@]1(C)C[C@@H]2O. The van der Waals surface area contributed by atoms with Crippen LogP contribution in [0.5, 0.6) is 0 Å². The average Bonchev–Trinajstić information content (AvgIpc) is 3.15. The Kier molecular flexibility index (Phi) is 11.2. The molecule has 16 heteroatoms. The zero-order valence-electron chi connectivity index (χ0n) is 34.3. The van der Waals surface area contributed by atoms with Gasteiger partial charge in [0, 0.05) is 0 Å². The Hall–Kier alpha value is -2.09. The van der Waals surface area contributed by atoms with Gasteiger partial charge in [0.1, 0.15) is 54.4 Å². The van der Waals surface area contributed by atoms with Crippen LogP contribution in [0.3, 0.4) is 0 Å². The summed E-state index contributed by atoms with van der Waals surface area (Å²) < 4.78 is 23.6. The van der Waals surface area contributed by atoms with Crippen molar-refractivity contribution >= 4 is 18.2 Å². The van der Waals surface area contributed by atoms with Gasteiger partial charge in [0.15, 0.2) is 18.7 Å². The van der Waals surface area contributed by atoms with Crippen LogP contribution in [-0.4, -0.2) is 144 Å². The number of fused-ring (bicyclic) bond motifs is 7. The van der Waals surface area contributed by atoms with Crippen molar-refractivity contribution in [3.8, 4) is 0 Å². The summed E-state index contributed by atoms with van der Waals surface area (Å²) in [5, 5.41) is 95.7. The molecular weight excluding hydrogens is 760 g/mol. The maximum Gasteiger partial charge on any atom is 0.335 e. The van der Waals surface area contributed by atoms with E-state index in [1.54, 1.807) is 6.92 Å². The van der Waals surface area contributed by atoms with E-state index in [-0.39, 0.29) is 28.6 Å². The second kappa shape index (κ2) is 14.8. The van der Waals surface area contributed by atoms with E-state index in [4.69, 9.17) is 18.9 Å². The number of aliphatic carboxylic acids is 2. The maximum atomic E-state index is 13.5. The zero-order chi connectivity index (χ0) is 42.7. The predicted octanol–water partition coefficient (Wildman–Crippen LogP) is 1.12. The highest BCUT2D eigenvalue weighted by molar-refractivity contribution is 5.77. The smallest absolute Gasteiger partial charge is 0.335 e. The Balaban J connectivity index is 1.19. The third-order valence-corrected chi connectivity index (χ3v) is 17.2. The molecule has 9 N–H and O–H groups in total. The number of allylic oxidation sites excluding steroid dienone is 2. The Morgan fingerprint density at radius 2 is 1.48 bits per heavy atom. The molecule has 7 aliphatic rings. The largest absolute Gasteiger partial charge is 0.481 e. The van der Waals surface area contributed by atoms with Crippen molar-refractivity contribution in [2.45, 2.75) is 173 Å². The molecule has 0 aromatic rings. The zero-order valence-corrected chi connectivity index (χ0v) is 34.3. The van der Waals surface area contributed by atoms with Crippen LogP contribution in [-0.2, 0) is 33.3 Å². The van der Waals surface area contributed by atoms with Crippen LogP contribution in [0, 0.1) is 50.2 Å². The van der Waals surface area contributed by atoms with Crippen molar-refractivity contribution in [1.29, 1.82) is 0 Å². The number of carboxylic acid groups (broad SMARTS) is 2. The van der Waals surface area contributed by atoms with Gasteiger partial charge in [-0.2, -0.15) is 0 Å². The van der Waals surface area contributed by atoms with E-state index in [2.05, 4.69) is 40.7 Å². The van der Waals surface area contributed by atoms with E-state index in [0.717, 1.165) is 11.9 Å². The van der Waals surface area contributed by atoms with E-state index in [0.29, 0.717) is 57.8 Å². The van der Waals surface area contributed by atoms with Crippen LogP contribution >= 0.6 is 0 Å². The van der Waals surface area contributed by atoms with E-state index >= 15 is 0 Å². The summed E-state index contributed by atoms with van der Waals surface area (Å²) in [6, 6.07) is 0. The minimum absolute atomic E-state index is 0.0374. The van der Waals surface area contributed by atoms with Crippen LogP contribution in [0.2, 0.25) is 0 Å². The quantitative estimate of drug-likeness (QED) is 0.0943. The van der Waals surface area contributed by atoms with Crippen molar-refractivity contribution in [2.24, 2.45) is 50.2 Å². The maximum absolute atomic E-state index is 13.5. The van der Waals surface area contributed by atoms with Gasteiger partial charge in [0.25, 0.3) is 0 Å². The standard InChI is InChI=1S/C42H64O16/c1-37(2)13-14-42(36(53)54)20(15-37)19-7-8-23-38(3)11-10-25(39(4,18-44)22(38)9-12-40(23,5)41(19,6)16-24(42)45)56-35-32(29(49)28(48)31(57-35)33(51)52)58-34-30(50)27(47)26(46)21(17-43)55-34/h7,18,20-32,34-35,43,45-50H,8-17H2,1-6H3,(H,51,52)(H,53,54)/t20?,21?,22-,23?,24+,25+,26+,27+,28+,29+,30?,31?,32?,34+,35-,38?,39?,40?,41-,42-/m1/s1. The lowest BCUT2D eigenvalue weighted by Gasteiger charge is -2.71. The topological polar surface area (TPSA) is 270 Å². The van der Waals surface area contributed by atoms with E-state index in [1.807, 2.05) is 0 Å². The van der Waals surface area contributed by atoms with Crippen molar-refractivity contribution in [2.75, 3.05) is 6.61 Å². The highest BCUT2D eigenvalue weighted by atomic mass is 16.8. The third-order valence-electron chi connectivity index (χ3n) is 17.2. The first kappa shape index (κ1) is 44.0. The molecule has 9 unspecified atom stereocenters. The summed E-state index contributed by atoms with van der Waals surface area (Å²) in [5.41, 5.74) is -2.70. The fourth-order valence-corrected chi connectivity index (χ4v) is 13.6. The molecule has 0 radical (unpaired) electrons. The van der Waals surface area contributed by atoms with Crippen molar-refractivity contribution < 1.29 is 79.3 Å². The number of ether oxygens (including phenoxy) is 4. The van der Waals surface area contributed by atoms with Crippen LogP contribution in [0.15, 0.2) is 11.6 Å². The van der Waals surface area contributed by atoms with Crippen molar-refractivity contribution in [3.05, 3.63) is 11.6 Å². The number of rotatable bonds is 8. The second-order valence-corrected chi connectivity index (χ2v) is 20.5. The third kappa shape index (κ3) is 6.21. The number of aldehydes is 1. The number of carbonyl (C=O) groups excluding carboxylic acids is 1. The lowest BCUT2D eigenvalue weighted by Crippen LogP contribution is -2.68. The molecule has 0 bridgehead atoms. The first-order chi connectivity index (χ1) is 27.0. The number of carbonyl (C=O) groups is 3. The normalized spacial score (nSPS) is 53.8. The summed E-state index contributed by atoms with van der Waals surface area (Å²) in [5.74, 6) is -3.07. The van der Waals surface area contributed by atoms with E-state index in [1.165, 1.54) is 0 Å². The lowest BCUT2D eigenvalue weighted by molar-refractivity contribution is -0.373. The molecule has 20 atom stereocenters. The van der Waals surface area contributed by atoms with Gasteiger partial charge in [-0.05, 0) is 97.2 Å². The number of hydrogen-bond donors (Lipinski definition) is 9. The molecule has 0 aromatic heterocycles. The molecule has 58 heavy (non-hydrogen) atoms. The van der Waals surface area contributed by atoms with Crippen LogP contribution in [0.1, 0.15) is 99.3 Å². The van der Waals surface area contributed by atoms with Gasteiger partial charge in [-0.1, -0.05) is 53.2 Å². The Morgan fingerprint density at radius 1 is 0.793 bits per heavy atom. The molecule has 2 aliphatic heterocycles. The minimum atomic E-state index is -2.03. The summed E-state index contributed by atoms with van der Waals surface area (Å²) >= 11 is 0. The number of hydrogen-bond acceptors (Lipinski definition) is 14. The first-order valence-corrected chi connectivity index (χ1v) is 20.9. The average molecular weight is 825 g/mol. The number of aliphatic hydroxyl groups is 7. The Morgan fingerprint density at radius 3 is 2.10 bits per heavy atom. The summed E-state index contributed by atoms with van der Waals surface area (Å²) in [6.45, 7) is 12.1. The fourth-order valence-electron chi connectivity index (χ4n) is 13.6. The molecule has 0 amide bonds. The second-order valence-electron chi connectivity index (χ2n) is 20.5. The molecule has 5 aliphatic carbocycles. The number of aliphatic hydroxyl groups excluding tert-OH is 7. The molecule has 328 valence electrons. The van der Waals surface area contributed by atoms with Gasteiger partial charge >= 0.3 is 11.9 Å². The number of carboxylic acids is 2. The first-order valence-electron chi connectivity index (χ1n) is 20.9. The van der Waals surface area contributed by atoms with Gasteiger partial charge < -0.3 is 69.7 Å². The summed E-state index contributed by atoms with van der Waals surface area (Å²) in [7, 11) is 0. The Labute approximate surface area is 338 Å². The Bertz CT molecular complexity index is 1650. The molecule has 2 heterocycles.